The summed E-state index contributed by atoms with van der Waals surface area (Å²) in [6, 6.07) is 0. The van der Waals surface area contributed by atoms with Gasteiger partial charge in [-0.25, -0.2) is 4.57 Å². The maximum absolute atomic E-state index is 12.3. The topological polar surface area (TPSA) is 108 Å². The molecule has 0 aliphatic carbocycles. The van der Waals surface area contributed by atoms with E-state index in [0.29, 0.717) is 17.4 Å². The quantitative estimate of drug-likeness (QED) is 0.0543. The fraction of sp³-hybridized carbons (Fsp3) is 0.929. The van der Waals surface area contributed by atoms with Gasteiger partial charge in [-0.1, -0.05) is 96.8 Å². The van der Waals surface area contributed by atoms with E-state index in [-0.39, 0.29) is 19.6 Å². The van der Waals surface area contributed by atoms with E-state index in [2.05, 4.69) is 6.92 Å². The molecule has 0 amide bonds. The highest BCUT2D eigenvalue weighted by molar-refractivity contribution is 7.47. The van der Waals surface area contributed by atoms with Gasteiger partial charge in [-0.05, 0) is 6.42 Å². The van der Waals surface area contributed by atoms with Crippen molar-refractivity contribution in [1.82, 2.24) is 0 Å². The number of hydrogen-bond acceptors (Lipinski definition) is 7. The summed E-state index contributed by atoms with van der Waals surface area (Å²) in [4.78, 5) is 33.3. The van der Waals surface area contributed by atoms with E-state index in [1.54, 1.807) is 0 Å². The number of esters is 2. The summed E-state index contributed by atoms with van der Waals surface area (Å²) >= 11 is 0. The molecule has 1 N–H and O–H groups in total. The second-order valence-corrected chi connectivity index (χ2v) is 12.7. The zero-order valence-electron chi connectivity index (χ0n) is 24.9. The maximum atomic E-state index is 12.3. The van der Waals surface area contributed by atoms with Crippen molar-refractivity contribution in [3.8, 4) is 0 Å². The Kier molecular flexibility index (Phi) is 22.2. The number of quaternary nitrogens is 1. The van der Waals surface area contributed by atoms with Crippen molar-refractivity contribution in [3.63, 3.8) is 0 Å². The Morgan fingerprint density at radius 1 is 0.763 bits per heavy atom. The molecule has 0 fully saturated rings. The average molecular weight is 567 g/mol. The lowest BCUT2D eigenvalue weighted by Crippen LogP contribution is -2.37. The van der Waals surface area contributed by atoms with E-state index in [1.807, 2.05) is 21.1 Å². The summed E-state index contributed by atoms with van der Waals surface area (Å²) < 4.78 is 32.9. The van der Waals surface area contributed by atoms with E-state index < -0.39 is 32.5 Å². The monoisotopic (exact) mass is 566 g/mol. The third-order valence-corrected chi connectivity index (χ3v) is 7.18. The Bertz CT molecular complexity index is 653. The number of ether oxygens (including phenoxy) is 2. The summed E-state index contributed by atoms with van der Waals surface area (Å²) in [6.45, 7) is 3.38. The fourth-order valence-electron chi connectivity index (χ4n) is 3.86. The molecule has 0 radical (unpaired) electrons. The number of phosphoric acid groups is 1. The second-order valence-electron chi connectivity index (χ2n) is 11.2. The first-order valence-corrected chi connectivity index (χ1v) is 16.2. The van der Waals surface area contributed by atoms with Gasteiger partial charge in [0, 0.05) is 13.3 Å². The van der Waals surface area contributed by atoms with Crippen molar-refractivity contribution < 1.29 is 42.1 Å². The van der Waals surface area contributed by atoms with Crippen LogP contribution in [0, 0.1) is 0 Å². The van der Waals surface area contributed by atoms with Crippen LogP contribution in [0.2, 0.25) is 0 Å². The van der Waals surface area contributed by atoms with E-state index in [1.165, 1.54) is 84.0 Å². The lowest BCUT2D eigenvalue weighted by molar-refractivity contribution is -0.870. The molecule has 9 nitrogen and oxygen atoms in total. The number of rotatable bonds is 26. The van der Waals surface area contributed by atoms with Gasteiger partial charge in [0.25, 0.3) is 0 Å². The van der Waals surface area contributed by atoms with Gasteiger partial charge in [-0.3, -0.25) is 18.6 Å². The number of carbonyl (C=O) groups is 2. The van der Waals surface area contributed by atoms with Crippen molar-refractivity contribution >= 4 is 19.8 Å². The average Bonchev–Trinajstić information content (AvgIpc) is 2.82. The van der Waals surface area contributed by atoms with E-state index in [4.69, 9.17) is 18.5 Å². The van der Waals surface area contributed by atoms with Crippen LogP contribution in [0.15, 0.2) is 0 Å². The van der Waals surface area contributed by atoms with Crippen LogP contribution in [0.5, 0.6) is 0 Å². The lowest BCUT2D eigenvalue weighted by atomic mass is 10.0. The summed E-state index contributed by atoms with van der Waals surface area (Å²) in [5.74, 6) is -0.987. The molecular weight excluding hydrogens is 509 g/mol. The molecule has 38 heavy (non-hydrogen) atoms. The molecule has 0 aromatic heterocycles. The van der Waals surface area contributed by atoms with E-state index in [0.717, 1.165) is 12.8 Å². The van der Waals surface area contributed by atoms with E-state index in [9.17, 15) is 19.0 Å². The van der Waals surface area contributed by atoms with Crippen molar-refractivity contribution in [2.45, 2.75) is 123 Å². The molecule has 226 valence electrons. The molecule has 0 bridgehead atoms. The molecule has 0 aromatic carbocycles. The molecule has 0 aromatic rings. The third-order valence-electron chi connectivity index (χ3n) is 6.20. The van der Waals surface area contributed by atoms with Crippen molar-refractivity contribution in [1.29, 1.82) is 0 Å². The van der Waals surface area contributed by atoms with Crippen LogP contribution in [0.25, 0.3) is 0 Å². The molecule has 0 saturated carbocycles. The molecule has 2 unspecified atom stereocenters. The van der Waals surface area contributed by atoms with E-state index >= 15 is 0 Å². The zero-order chi connectivity index (χ0) is 28.7. The molecule has 0 heterocycles. The van der Waals surface area contributed by atoms with Gasteiger partial charge in [0.2, 0.25) is 0 Å². The first kappa shape index (κ1) is 37.0. The fourth-order valence-corrected chi connectivity index (χ4v) is 4.60. The Morgan fingerprint density at radius 3 is 1.68 bits per heavy atom. The summed E-state index contributed by atoms with van der Waals surface area (Å²) in [7, 11) is 1.47. The molecule has 10 heteroatoms. The Morgan fingerprint density at radius 2 is 1.24 bits per heavy atom. The maximum Gasteiger partial charge on any atom is 0.472 e. The van der Waals surface area contributed by atoms with Crippen LogP contribution in [0.3, 0.4) is 0 Å². The molecule has 0 spiro atoms. The van der Waals surface area contributed by atoms with Gasteiger partial charge < -0.3 is 18.9 Å². The predicted molar refractivity (Wildman–Crippen MR) is 151 cm³/mol. The number of unbranched alkanes of at least 4 members (excludes halogenated alkanes) is 14. The minimum absolute atomic E-state index is 0.0326. The first-order chi connectivity index (χ1) is 17.9. The third kappa shape index (κ3) is 26.6. The van der Waals surface area contributed by atoms with Crippen molar-refractivity contribution in [2.24, 2.45) is 0 Å². The van der Waals surface area contributed by atoms with Crippen LogP contribution < -0.4 is 0 Å². The largest absolute Gasteiger partial charge is 0.472 e. The highest BCUT2D eigenvalue weighted by Crippen LogP contribution is 2.43. The van der Waals surface area contributed by atoms with Gasteiger partial charge >= 0.3 is 19.8 Å². The molecule has 0 aliphatic rings. The number of likely N-dealkylation sites (N-methyl/N-ethyl adjacent to an activating group) is 1. The second kappa shape index (κ2) is 22.8. The van der Waals surface area contributed by atoms with Crippen LogP contribution in [-0.2, 0) is 32.7 Å². The van der Waals surface area contributed by atoms with Gasteiger partial charge in [0.1, 0.15) is 19.8 Å². The van der Waals surface area contributed by atoms with Crippen molar-refractivity contribution in [2.75, 3.05) is 47.5 Å². The lowest BCUT2D eigenvalue weighted by Gasteiger charge is -2.24. The zero-order valence-corrected chi connectivity index (χ0v) is 25.8. The van der Waals surface area contributed by atoms with Crippen LogP contribution in [0.4, 0.5) is 0 Å². The van der Waals surface area contributed by atoms with Crippen LogP contribution in [0.1, 0.15) is 117 Å². The minimum atomic E-state index is -4.32. The summed E-state index contributed by atoms with van der Waals surface area (Å²) in [5, 5.41) is 0. The number of nitrogens with zero attached hydrogens (tertiary/aromatic N) is 1. The molecule has 0 rings (SSSR count). The summed E-state index contributed by atoms with van der Waals surface area (Å²) in [6.07, 6.45) is 17.9. The highest BCUT2D eigenvalue weighted by atomic mass is 31.2. The Balaban J connectivity index is 3.99. The van der Waals surface area contributed by atoms with Crippen LogP contribution in [-0.4, -0.2) is 74.9 Å². The SMILES string of the molecule is CCCCCCCCCCCCCCCCCC(=O)OC(COC(C)=O)COP(=O)(O)OCC[N+](C)(C)C. The van der Waals surface area contributed by atoms with Gasteiger partial charge in [0.05, 0.1) is 27.7 Å². The normalized spacial score (nSPS) is 14.2. The Labute approximate surface area is 232 Å². The molecule has 0 saturated heterocycles. The number of phosphoric ester groups is 1. The first-order valence-electron chi connectivity index (χ1n) is 14.7. The standard InChI is InChI=1S/C28H56NO8P/c1-6-7-8-9-10-11-12-13-14-15-16-17-18-19-20-21-28(31)37-27(24-34-26(2)30)25-36-38(32,33)35-23-22-29(3,4)5/h27H,6-25H2,1-5H3/p+1. The number of hydrogen-bond donors (Lipinski definition) is 1. The number of carbonyl (C=O) groups excluding carboxylic acids is 2. The van der Waals surface area contributed by atoms with Crippen LogP contribution >= 0.6 is 7.82 Å². The predicted octanol–water partition coefficient (Wildman–Crippen LogP) is 6.56. The highest BCUT2D eigenvalue weighted by Gasteiger charge is 2.26. The molecule has 2 atom stereocenters. The van der Waals surface area contributed by atoms with Crippen molar-refractivity contribution in [3.05, 3.63) is 0 Å². The van der Waals surface area contributed by atoms with Gasteiger partial charge in [-0.15, -0.1) is 0 Å². The minimum Gasteiger partial charge on any atom is -0.462 e. The van der Waals surface area contributed by atoms with Gasteiger partial charge in [0.15, 0.2) is 6.10 Å². The molecule has 0 aliphatic heterocycles. The smallest absolute Gasteiger partial charge is 0.462 e. The summed E-state index contributed by atoms with van der Waals surface area (Å²) in [5.41, 5.74) is 0. The Hall–Kier alpha value is -0.990. The molecular formula is C28H57NO8P+. The van der Waals surface area contributed by atoms with Gasteiger partial charge in [-0.2, -0.15) is 0 Å².